The maximum atomic E-state index is 15.0. The lowest BCUT2D eigenvalue weighted by Crippen LogP contribution is -2.16. The Balaban J connectivity index is 1.30. The summed E-state index contributed by atoms with van der Waals surface area (Å²) in [7, 11) is 1.32. The summed E-state index contributed by atoms with van der Waals surface area (Å²) >= 11 is 0. The third kappa shape index (κ3) is 6.59. The molecule has 0 N–H and O–H groups in total. The molecular weight excluding hydrogens is 476 g/mol. The second-order valence-electron chi connectivity index (χ2n) is 11.0. The lowest BCUT2D eigenvalue weighted by molar-refractivity contribution is 0.302. The van der Waals surface area contributed by atoms with Gasteiger partial charge in [0.15, 0.2) is 23.2 Å². The predicted molar refractivity (Wildman–Crippen MR) is 142 cm³/mol. The summed E-state index contributed by atoms with van der Waals surface area (Å²) in [4.78, 5) is 0. The van der Waals surface area contributed by atoms with Crippen molar-refractivity contribution in [3.63, 3.8) is 0 Å². The lowest BCUT2D eigenvalue weighted by atomic mass is 9.76. The topological polar surface area (TPSA) is 9.23 Å². The number of allylic oxidation sites excluding steroid dienone is 2. The van der Waals surface area contributed by atoms with E-state index in [1.54, 1.807) is 18.2 Å². The Bertz CT molecular complexity index is 1080. The number of benzene rings is 2. The minimum absolute atomic E-state index is 0.0277. The van der Waals surface area contributed by atoms with Crippen LogP contribution < -0.4 is 4.74 Å². The van der Waals surface area contributed by atoms with Crippen LogP contribution >= 0.6 is 0 Å². The molecule has 5 heteroatoms. The standard InChI is InChI=1S/C32H40F4O/c1-3-4-5-6-21-7-12-23(13-8-21)26-18-17-25(29(33)30(26)34)16-11-22-9-14-24(15-10-22)27-19-20-28(37-2)32(36)31(27)35/h12,17-22,24H,3-11,13-16H2,1-2H3. The highest BCUT2D eigenvalue weighted by atomic mass is 19.2. The molecule has 1 nitrogen and oxygen atoms in total. The highest BCUT2D eigenvalue weighted by Gasteiger charge is 2.27. The zero-order valence-electron chi connectivity index (χ0n) is 22.2. The van der Waals surface area contributed by atoms with E-state index in [9.17, 15) is 13.2 Å². The lowest BCUT2D eigenvalue weighted by Gasteiger charge is -2.29. The van der Waals surface area contributed by atoms with Crippen molar-refractivity contribution < 1.29 is 22.3 Å². The number of aryl methyl sites for hydroxylation is 1. The van der Waals surface area contributed by atoms with Crippen molar-refractivity contribution in [2.24, 2.45) is 11.8 Å². The molecule has 0 amide bonds. The molecule has 0 saturated heterocycles. The van der Waals surface area contributed by atoms with Crippen molar-refractivity contribution in [1.29, 1.82) is 0 Å². The van der Waals surface area contributed by atoms with Gasteiger partial charge in [-0.2, -0.15) is 4.39 Å². The Morgan fingerprint density at radius 3 is 2.24 bits per heavy atom. The van der Waals surface area contributed by atoms with E-state index >= 15 is 4.39 Å². The molecule has 2 aliphatic rings. The van der Waals surface area contributed by atoms with Crippen LogP contribution in [0.1, 0.15) is 107 Å². The summed E-state index contributed by atoms with van der Waals surface area (Å²) in [5, 5.41) is 0. The van der Waals surface area contributed by atoms with E-state index in [2.05, 4.69) is 13.0 Å². The van der Waals surface area contributed by atoms with Crippen molar-refractivity contribution >= 4 is 5.57 Å². The zero-order chi connectivity index (χ0) is 26.4. The monoisotopic (exact) mass is 516 g/mol. The summed E-state index contributed by atoms with van der Waals surface area (Å²) in [5.41, 5.74) is 2.20. The van der Waals surface area contributed by atoms with E-state index in [-0.39, 0.29) is 11.7 Å². The van der Waals surface area contributed by atoms with Crippen molar-refractivity contribution in [2.75, 3.05) is 7.11 Å². The molecule has 2 aromatic rings. The second-order valence-corrected chi connectivity index (χ2v) is 11.0. The van der Waals surface area contributed by atoms with Crippen LogP contribution in [0.15, 0.2) is 30.3 Å². The maximum absolute atomic E-state index is 15.0. The van der Waals surface area contributed by atoms with E-state index in [0.717, 1.165) is 56.9 Å². The molecule has 1 fully saturated rings. The van der Waals surface area contributed by atoms with E-state index in [1.165, 1.54) is 38.9 Å². The first kappa shape index (κ1) is 27.7. The van der Waals surface area contributed by atoms with Gasteiger partial charge in [-0.05, 0) is 98.3 Å². The Morgan fingerprint density at radius 1 is 0.784 bits per heavy atom. The van der Waals surface area contributed by atoms with Gasteiger partial charge in [0.1, 0.15) is 0 Å². The number of ether oxygens (including phenoxy) is 1. The van der Waals surface area contributed by atoms with Crippen LogP contribution in [0.4, 0.5) is 17.6 Å². The van der Waals surface area contributed by atoms with E-state index in [1.807, 2.05) is 0 Å². The summed E-state index contributed by atoms with van der Waals surface area (Å²) in [6.07, 6.45) is 14.4. The Kier molecular flexibility index (Phi) is 9.72. The Morgan fingerprint density at radius 2 is 1.57 bits per heavy atom. The van der Waals surface area contributed by atoms with Gasteiger partial charge in [0.25, 0.3) is 0 Å². The van der Waals surface area contributed by atoms with Crippen molar-refractivity contribution in [2.45, 2.75) is 96.3 Å². The molecule has 1 unspecified atom stereocenters. The number of unbranched alkanes of at least 4 members (excludes halogenated alkanes) is 2. The van der Waals surface area contributed by atoms with Crippen LogP contribution in [0, 0.1) is 35.1 Å². The van der Waals surface area contributed by atoms with E-state index < -0.39 is 23.3 Å². The summed E-state index contributed by atoms with van der Waals surface area (Å²) in [6.45, 7) is 2.21. The molecule has 1 saturated carbocycles. The first-order valence-corrected chi connectivity index (χ1v) is 14.1. The smallest absolute Gasteiger partial charge is 0.200 e. The number of hydrogen-bond donors (Lipinski definition) is 0. The molecule has 4 rings (SSSR count). The number of methoxy groups -OCH3 is 1. The third-order valence-corrected chi connectivity index (χ3v) is 8.65. The number of rotatable bonds is 10. The minimum atomic E-state index is -0.932. The molecule has 0 radical (unpaired) electrons. The summed E-state index contributed by atoms with van der Waals surface area (Å²) in [5.74, 6) is -2.25. The normalized spacial score (nSPS) is 22.1. The largest absolute Gasteiger partial charge is 0.494 e. The number of halogens is 4. The highest BCUT2D eigenvalue weighted by molar-refractivity contribution is 5.67. The van der Waals surface area contributed by atoms with Crippen LogP contribution in [-0.2, 0) is 6.42 Å². The third-order valence-electron chi connectivity index (χ3n) is 8.65. The van der Waals surface area contributed by atoms with Crippen LogP contribution in [-0.4, -0.2) is 7.11 Å². The Labute approximate surface area is 219 Å². The molecule has 0 heterocycles. The van der Waals surface area contributed by atoms with Gasteiger partial charge in [-0.1, -0.05) is 56.9 Å². The van der Waals surface area contributed by atoms with Crippen LogP contribution in [0.3, 0.4) is 0 Å². The fraction of sp³-hybridized carbons (Fsp3) is 0.562. The summed E-state index contributed by atoms with van der Waals surface area (Å²) < 4.78 is 63.5. The van der Waals surface area contributed by atoms with Gasteiger partial charge in [0, 0.05) is 5.56 Å². The molecule has 202 valence electrons. The van der Waals surface area contributed by atoms with Gasteiger partial charge in [-0.3, -0.25) is 0 Å². The second kappa shape index (κ2) is 13.0. The SMILES string of the molecule is CCCCCC1CC=C(c2ccc(CCC3CCC(c4ccc(OC)c(F)c4F)CC3)c(F)c2F)CC1. The average Bonchev–Trinajstić information content (AvgIpc) is 2.92. The number of hydrogen-bond acceptors (Lipinski definition) is 1. The fourth-order valence-corrected chi connectivity index (χ4v) is 6.25. The maximum Gasteiger partial charge on any atom is 0.200 e. The molecule has 2 aliphatic carbocycles. The van der Waals surface area contributed by atoms with Gasteiger partial charge >= 0.3 is 0 Å². The molecule has 2 aromatic carbocycles. The predicted octanol–water partition coefficient (Wildman–Crippen LogP) is 9.92. The van der Waals surface area contributed by atoms with Gasteiger partial charge in [-0.15, -0.1) is 0 Å². The molecule has 0 aromatic heterocycles. The minimum Gasteiger partial charge on any atom is -0.494 e. The van der Waals surface area contributed by atoms with Crippen LogP contribution in [0.2, 0.25) is 0 Å². The van der Waals surface area contributed by atoms with Crippen LogP contribution in [0.5, 0.6) is 5.75 Å². The van der Waals surface area contributed by atoms with Gasteiger partial charge in [0.05, 0.1) is 7.11 Å². The Hall–Kier alpha value is -2.30. The van der Waals surface area contributed by atoms with Crippen molar-refractivity contribution in [1.82, 2.24) is 0 Å². The summed E-state index contributed by atoms with van der Waals surface area (Å²) in [6, 6.07) is 6.62. The van der Waals surface area contributed by atoms with Crippen molar-refractivity contribution in [3.05, 3.63) is 70.3 Å². The zero-order valence-corrected chi connectivity index (χ0v) is 22.2. The fourth-order valence-electron chi connectivity index (χ4n) is 6.25. The van der Waals surface area contributed by atoms with Gasteiger partial charge in [0.2, 0.25) is 5.82 Å². The quantitative estimate of drug-likeness (QED) is 0.225. The molecule has 0 aliphatic heterocycles. The molecule has 0 spiro atoms. The van der Waals surface area contributed by atoms with Crippen molar-refractivity contribution in [3.8, 4) is 5.75 Å². The highest BCUT2D eigenvalue weighted by Crippen LogP contribution is 2.40. The molecule has 1 atom stereocenters. The molecule has 37 heavy (non-hydrogen) atoms. The van der Waals surface area contributed by atoms with Crippen LogP contribution in [0.25, 0.3) is 5.57 Å². The first-order valence-electron chi connectivity index (χ1n) is 14.1. The van der Waals surface area contributed by atoms with E-state index in [4.69, 9.17) is 4.74 Å². The molecule has 0 bridgehead atoms. The first-order chi connectivity index (χ1) is 17.9. The van der Waals surface area contributed by atoms with Gasteiger partial charge < -0.3 is 4.74 Å². The van der Waals surface area contributed by atoms with E-state index in [0.29, 0.717) is 34.9 Å². The molecular formula is C32H40F4O. The average molecular weight is 517 g/mol. The van der Waals surface area contributed by atoms with Gasteiger partial charge in [-0.25, -0.2) is 13.2 Å².